The van der Waals surface area contributed by atoms with Crippen molar-refractivity contribution in [2.24, 2.45) is 0 Å². The highest BCUT2D eigenvalue weighted by Gasteiger charge is 2.37. The number of hydrogen-bond acceptors (Lipinski definition) is 4. The number of benzene rings is 1. The van der Waals surface area contributed by atoms with Gasteiger partial charge in [0.1, 0.15) is 0 Å². The Morgan fingerprint density at radius 1 is 1.32 bits per heavy atom. The van der Waals surface area contributed by atoms with Crippen molar-refractivity contribution in [1.29, 1.82) is 0 Å². The molecule has 1 heterocycles. The number of sulfone groups is 1. The van der Waals surface area contributed by atoms with Gasteiger partial charge in [-0.25, -0.2) is 8.42 Å². The number of hydrogen-bond donors (Lipinski definition) is 2. The molecule has 1 amide bonds. The molecule has 122 valence electrons. The average molecular weight is 365 g/mol. The number of nitrogens with one attached hydrogen (secondary N) is 2. The van der Waals surface area contributed by atoms with Gasteiger partial charge in [-0.3, -0.25) is 4.79 Å². The number of carbonyl (C=O) groups is 1. The van der Waals surface area contributed by atoms with Gasteiger partial charge in [0.2, 0.25) is 5.91 Å². The van der Waals surface area contributed by atoms with Gasteiger partial charge in [-0.2, -0.15) is 0 Å². The molecule has 0 saturated carbocycles. The van der Waals surface area contributed by atoms with E-state index in [4.69, 9.17) is 23.2 Å². The van der Waals surface area contributed by atoms with E-state index in [1.807, 2.05) is 19.1 Å². The molecule has 2 rings (SSSR count). The minimum absolute atomic E-state index is 0.0258. The maximum Gasteiger partial charge on any atom is 0.234 e. The molecule has 1 aliphatic rings. The van der Waals surface area contributed by atoms with Gasteiger partial charge in [0.05, 0.1) is 29.5 Å². The fourth-order valence-corrected chi connectivity index (χ4v) is 4.99. The Hall–Kier alpha value is -0.820. The smallest absolute Gasteiger partial charge is 0.234 e. The summed E-state index contributed by atoms with van der Waals surface area (Å²) >= 11 is 11.8. The fraction of sp³-hybridized carbons (Fsp3) is 0.500. The highest BCUT2D eigenvalue weighted by atomic mass is 35.5. The second kappa shape index (κ2) is 7.17. The predicted molar refractivity (Wildman–Crippen MR) is 88.1 cm³/mol. The molecule has 0 unspecified atom stereocenters. The summed E-state index contributed by atoms with van der Waals surface area (Å²) in [7, 11) is -3.15. The lowest BCUT2D eigenvalue weighted by Gasteiger charge is -2.17. The minimum Gasteiger partial charge on any atom is -0.350 e. The molecular weight excluding hydrogens is 347 g/mol. The van der Waals surface area contributed by atoms with Gasteiger partial charge in [0.25, 0.3) is 0 Å². The van der Waals surface area contributed by atoms with E-state index in [2.05, 4.69) is 10.6 Å². The summed E-state index contributed by atoms with van der Waals surface area (Å²) in [6.45, 7) is 2.02. The number of halogens is 2. The Morgan fingerprint density at radius 3 is 2.50 bits per heavy atom. The van der Waals surface area contributed by atoms with Gasteiger partial charge in [-0.15, -0.1) is 11.6 Å². The first-order chi connectivity index (χ1) is 10.3. The lowest BCUT2D eigenvalue weighted by atomic mass is 10.1. The molecule has 0 spiro atoms. The summed E-state index contributed by atoms with van der Waals surface area (Å²) in [5.41, 5.74) is 1.01. The first kappa shape index (κ1) is 17.5. The van der Waals surface area contributed by atoms with E-state index < -0.39 is 21.3 Å². The molecule has 1 saturated heterocycles. The zero-order valence-electron chi connectivity index (χ0n) is 12.1. The largest absolute Gasteiger partial charge is 0.350 e. The molecule has 8 heteroatoms. The second-order valence-electron chi connectivity index (χ2n) is 5.42. The molecule has 5 nitrogen and oxygen atoms in total. The van der Waals surface area contributed by atoms with Crippen molar-refractivity contribution < 1.29 is 13.2 Å². The normalized spacial score (nSPS) is 24.9. The van der Waals surface area contributed by atoms with Crippen LogP contribution in [-0.2, 0) is 14.6 Å². The van der Waals surface area contributed by atoms with E-state index in [0.717, 1.165) is 5.56 Å². The van der Waals surface area contributed by atoms with E-state index in [9.17, 15) is 13.2 Å². The highest BCUT2D eigenvalue weighted by Crippen LogP contribution is 2.18. The van der Waals surface area contributed by atoms with Crippen LogP contribution in [0.5, 0.6) is 0 Å². The standard InChI is InChI=1S/C14H18Cl2N2O3S/c1-9(10-2-4-11(15)5-3-10)17-6-14(19)18-13-8-22(20,21)7-12(13)16/h2-5,9,12-13,17H,6-8H2,1H3,(H,18,19)/t9-,12+,13+/m1/s1. The van der Waals surface area contributed by atoms with Crippen molar-refractivity contribution in [3.8, 4) is 0 Å². The van der Waals surface area contributed by atoms with Crippen LogP contribution in [0.2, 0.25) is 5.02 Å². The van der Waals surface area contributed by atoms with Crippen LogP contribution in [-0.4, -0.2) is 43.8 Å². The predicted octanol–water partition coefficient (Wildman–Crippen LogP) is 1.51. The van der Waals surface area contributed by atoms with E-state index in [1.165, 1.54) is 0 Å². The summed E-state index contributed by atoms with van der Waals surface area (Å²) in [6, 6.07) is 6.80. The quantitative estimate of drug-likeness (QED) is 0.776. The Labute approximate surface area is 140 Å². The van der Waals surface area contributed by atoms with Crippen LogP contribution < -0.4 is 10.6 Å². The number of alkyl halides is 1. The SMILES string of the molecule is C[C@@H](NCC(=O)N[C@H]1CS(=O)(=O)C[C@@H]1Cl)c1ccc(Cl)cc1. The van der Waals surface area contributed by atoms with Gasteiger partial charge in [0.15, 0.2) is 9.84 Å². The summed E-state index contributed by atoms with van der Waals surface area (Å²) in [4.78, 5) is 11.9. The lowest BCUT2D eigenvalue weighted by Crippen LogP contribution is -2.44. The van der Waals surface area contributed by atoms with Crippen molar-refractivity contribution in [1.82, 2.24) is 10.6 Å². The molecule has 0 radical (unpaired) electrons. The van der Waals surface area contributed by atoms with Crippen LogP contribution in [0.25, 0.3) is 0 Å². The molecule has 1 aromatic carbocycles. The van der Waals surface area contributed by atoms with Gasteiger partial charge >= 0.3 is 0 Å². The Balaban J connectivity index is 1.81. The monoisotopic (exact) mass is 364 g/mol. The zero-order chi connectivity index (χ0) is 16.3. The molecule has 0 aromatic heterocycles. The van der Waals surface area contributed by atoms with E-state index >= 15 is 0 Å². The van der Waals surface area contributed by atoms with Crippen molar-refractivity contribution in [3.05, 3.63) is 34.9 Å². The minimum atomic E-state index is -3.15. The maximum absolute atomic E-state index is 11.9. The Bertz CT molecular complexity index is 634. The summed E-state index contributed by atoms with van der Waals surface area (Å²) in [5, 5.41) is 5.84. The van der Waals surface area contributed by atoms with Crippen molar-refractivity contribution in [2.45, 2.75) is 24.4 Å². The molecule has 3 atom stereocenters. The van der Waals surface area contributed by atoms with Gasteiger partial charge < -0.3 is 10.6 Å². The first-order valence-electron chi connectivity index (χ1n) is 6.89. The van der Waals surface area contributed by atoms with Gasteiger partial charge in [-0.05, 0) is 24.6 Å². The fourth-order valence-electron chi connectivity index (χ4n) is 2.31. The molecule has 1 aromatic rings. The summed E-state index contributed by atoms with van der Waals surface area (Å²) in [6.07, 6.45) is 0. The number of carbonyl (C=O) groups excluding carboxylic acids is 1. The highest BCUT2D eigenvalue weighted by molar-refractivity contribution is 7.91. The Kier molecular flexibility index (Phi) is 5.71. The van der Waals surface area contributed by atoms with E-state index in [1.54, 1.807) is 12.1 Å². The van der Waals surface area contributed by atoms with Crippen LogP contribution in [0.15, 0.2) is 24.3 Å². The summed E-state index contributed by atoms with van der Waals surface area (Å²) < 4.78 is 22.9. The van der Waals surface area contributed by atoms with Crippen LogP contribution in [0.1, 0.15) is 18.5 Å². The average Bonchev–Trinajstić information content (AvgIpc) is 2.69. The summed E-state index contributed by atoms with van der Waals surface area (Å²) in [5.74, 6) is -0.457. The number of amides is 1. The molecule has 1 aliphatic heterocycles. The second-order valence-corrected chi connectivity index (χ2v) is 8.57. The first-order valence-corrected chi connectivity index (χ1v) is 9.53. The van der Waals surface area contributed by atoms with Crippen molar-refractivity contribution in [2.75, 3.05) is 18.1 Å². The van der Waals surface area contributed by atoms with Crippen LogP contribution >= 0.6 is 23.2 Å². The third-order valence-electron chi connectivity index (χ3n) is 3.57. The molecule has 0 aliphatic carbocycles. The maximum atomic E-state index is 11.9. The van der Waals surface area contributed by atoms with Gasteiger partial charge in [-0.1, -0.05) is 23.7 Å². The third kappa shape index (κ3) is 4.84. The van der Waals surface area contributed by atoms with Gasteiger partial charge in [0, 0.05) is 11.1 Å². The third-order valence-corrected chi connectivity index (χ3v) is 6.20. The molecule has 0 bridgehead atoms. The molecule has 1 fully saturated rings. The Morgan fingerprint density at radius 2 is 1.95 bits per heavy atom. The van der Waals surface area contributed by atoms with Crippen LogP contribution in [0.3, 0.4) is 0 Å². The van der Waals surface area contributed by atoms with E-state index in [-0.39, 0.29) is 30.0 Å². The topological polar surface area (TPSA) is 75.3 Å². The lowest BCUT2D eigenvalue weighted by molar-refractivity contribution is -0.120. The molecule has 22 heavy (non-hydrogen) atoms. The zero-order valence-corrected chi connectivity index (χ0v) is 14.4. The van der Waals surface area contributed by atoms with Crippen molar-refractivity contribution >= 4 is 38.9 Å². The molecule has 2 N–H and O–H groups in total. The molecular formula is C14H18Cl2N2O3S. The van der Waals surface area contributed by atoms with Crippen LogP contribution in [0.4, 0.5) is 0 Å². The van der Waals surface area contributed by atoms with Crippen LogP contribution in [0, 0.1) is 0 Å². The van der Waals surface area contributed by atoms with E-state index in [0.29, 0.717) is 5.02 Å². The van der Waals surface area contributed by atoms with Crippen molar-refractivity contribution in [3.63, 3.8) is 0 Å². The number of rotatable bonds is 5.